The topological polar surface area (TPSA) is 0 Å². The third kappa shape index (κ3) is 250. The highest BCUT2D eigenvalue weighted by atomic mass is 35.5. The van der Waals surface area contributed by atoms with E-state index in [0.29, 0.717) is 0 Å². The Balaban J connectivity index is 0. The van der Waals surface area contributed by atoms with Crippen LogP contribution in [-0.4, -0.2) is 46.1 Å². The lowest BCUT2D eigenvalue weighted by Crippen LogP contribution is -0.382. The van der Waals surface area contributed by atoms with Crippen LogP contribution in [0.2, 0.25) is 0 Å². The molecule has 0 aromatic heterocycles. The SMILES string of the molecule is Cl.Cl.Cl.Cl.Cl.Cl.Cl.Cl.Cl.Cl.Cl.Cl.Cl.Cl.Cl.[MgH2].[MgH2]. The first-order valence-corrected chi connectivity index (χ1v) is 0. The van der Waals surface area contributed by atoms with E-state index in [1.54, 1.807) is 0 Å². The molecule has 0 rings (SSSR count). The Hall–Kier alpha value is 5.88. The summed E-state index contributed by atoms with van der Waals surface area (Å²) < 4.78 is 0. The van der Waals surface area contributed by atoms with Crippen molar-refractivity contribution in [3.63, 3.8) is 0 Å². The molecule has 17 heteroatoms. The van der Waals surface area contributed by atoms with Crippen LogP contribution in [0, 0.1) is 0 Å². The van der Waals surface area contributed by atoms with Gasteiger partial charge in [-0.15, -0.1) is 186 Å². The largest absolute Gasteiger partial charge is 0.316 e. The van der Waals surface area contributed by atoms with Crippen molar-refractivity contribution in [1.29, 1.82) is 0 Å². The molecule has 17 heavy (non-hydrogen) atoms. The summed E-state index contributed by atoms with van der Waals surface area (Å²) in [7, 11) is 0. The van der Waals surface area contributed by atoms with Gasteiger partial charge in [0.2, 0.25) is 0 Å². The van der Waals surface area contributed by atoms with Crippen LogP contribution in [0.4, 0.5) is 0 Å². The van der Waals surface area contributed by atoms with Crippen molar-refractivity contribution in [1.82, 2.24) is 0 Å². The molecule has 0 amide bonds. The molecule has 0 N–H and O–H groups in total. The zero-order valence-electron chi connectivity index (χ0n) is 6.12. The second kappa shape index (κ2) is 276. The van der Waals surface area contributed by atoms with Crippen LogP contribution in [-0.2, 0) is 0 Å². The molecule has 0 saturated heterocycles. The van der Waals surface area contributed by atoms with Crippen LogP contribution < -0.4 is 0 Å². The molecule has 0 saturated carbocycles. The highest BCUT2D eigenvalue weighted by Gasteiger charge is 0.317. The van der Waals surface area contributed by atoms with Crippen LogP contribution >= 0.6 is 186 Å². The van der Waals surface area contributed by atoms with Crippen molar-refractivity contribution in [3.8, 4) is 0 Å². The van der Waals surface area contributed by atoms with Gasteiger partial charge in [-0.3, -0.25) is 0 Å². The number of hydrogen-bond donors (Lipinski definition) is 0. The van der Waals surface area contributed by atoms with Crippen LogP contribution in [0.1, 0.15) is 0 Å². The standard InChI is InChI=1S/15ClH.2Mg.4H/h15*1H;;;;;;. The molecular formula is H19Cl15Mg2. The van der Waals surface area contributed by atoms with E-state index in [9.17, 15) is 0 Å². The molecule has 0 unspecified atom stereocenters. The first-order valence-electron chi connectivity index (χ1n) is 0. The molecule has 0 aliphatic carbocycles. The van der Waals surface area contributed by atoms with E-state index in [1.807, 2.05) is 0 Å². The van der Waals surface area contributed by atoms with E-state index < -0.39 is 0 Å². The Bertz CT molecular complexity index is 8.88. The second-order valence-corrected chi connectivity index (χ2v) is 0. The van der Waals surface area contributed by atoms with Crippen molar-refractivity contribution in [2.75, 3.05) is 0 Å². The number of halogens is 15. The average molecular weight is 600 g/mol. The van der Waals surface area contributed by atoms with Gasteiger partial charge in [0.05, 0.1) is 0 Å². The van der Waals surface area contributed by atoms with Gasteiger partial charge in [0, 0.05) is 0 Å². The first kappa shape index (κ1) is 317. The van der Waals surface area contributed by atoms with Crippen LogP contribution in [0.25, 0.3) is 0 Å². The van der Waals surface area contributed by atoms with Crippen LogP contribution in [0.3, 0.4) is 0 Å². The minimum absolute atomic E-state index is 0. The third-order valence-corrected chi connectivity index (χ3v) is 0. The average Bonchev–Trinajstić information content (AvgIpc) is 0. The van der Waals surface area contributed by atoms with Gasteiger partial charge in [-0.2, -0.15) is 0 Å². The predicted molar refractivity (Wildman–Crippen MR) is 126 cm³/mol. The fraction of sp³-hybridized carbons (Fsp3) is 0. The zero-order valence-corrected chi connectivity index (χ0v) is 18.4. The Morgan fingerprint density at radius 1 is 0.118 bits per heavy atom. The lowest BCUT2D eigenvalue weighted by Gasteiger charge is -0.148. The van der Waals surface area contributed by atoms with Gasteiger partial charge < -0.3 is 0 Å². The lowest BCUT2D eigenvalue weighted by molar-refractivity contribution is 5.75. The van der Waals surface area contributed by atoms with Gasteiger partial charge >= 0.3 is 46.1 Å². The van der Waals surface area contributed by atoms with Gasteiger partial charge in [-0.25, -0.2) is 0 Å². The monoisotopic (exact) mass is 592 g/mol. The maximum Gasteiger partial charge on any atom is 0.316 e. The minimum Gasteiger partial charge on any atom is -0.147 e. The highest BCUT2D eigenvalue weighted by molar-refractivity contribution is 5.87. The van der Waals surface area contributed by atoms with E-state index in [4.69, 9.17) is 0 Å². The van der Waals surface area contributed by atoms with Gasteiger partial charge in [-0.05, 0) is 0 Å². The molecule has 0 aliphatic rings. The maximum atomic E-state index is 0. The molecule has 0 fully saturated rings. The molecule has 0 nitrogen and oxygen atoms in total. The summed E-state index contributed by atoms with van der Waals surface area (Å²) in [6.07, 6.45) is 0. The van der Waals surface area contributed by atoms with Gasteiger partial charge in [0.1, 0.15) is 0 Å². The minimum atomic E-state index is 0. The molecule has 0 spiro atoms. The van der Waals surface area contributed by atoms with E-state index in [1.165, 1.54) is 0 Å². The van der Waals surface area contributed by atoms with Gasteiger partial charge in [-0.1, -0.05) is 0 Å². The summed E-state index contributed by atoms with van der Waals surface area (Å²) in [6.45, 7) is 0. The Labute approximate surface area is 228 Å². The first-order chi connectivity index (χ1) is 0. The van der Waals surface area contributed by atoms with Crippen molar-refractivity contribution in [3.05, 3.63) is 0 Å². The summed E-state index contributed by atoms with van der Waals surface area (Å²) in [5.74, 6) is 0. The van der Waals surface area contributed by atoms with Crippen molar-refractivity contribution >= 4 is 232 Å². The van der Waals surface area contributed by atoms with E-state index >= 15 is 0 Å². The molecule has 0 bridgehead atoms. The van der Waals surface area contributed by atoms with Crippen LogP contribution in [0.5, 0.6) is 0 Å². The molecule has 0 radical (unpaired) electrons. The lowest BCUT2D eigenvalue weighted by atomic mass is 24.3. The molecule has 0 aromatic carbocycles. The molecular weight excluding hydrogens is 580 g/mol. The summed E-state index contributed by atoms with van der Waals surface area (Å²) in [6, 6.07) is 0. The van der Waals surface area contributed by atoms with E-state index in [-0.39, 0.29) is 232 Å². The number of rotatable bonds is 0. The van der Waals surface area contributed by atoms with Crippen molar-refractivity contribution in [2.24, 2.45) is 0 Å². The smallest absolute Gasteiger partial charge is 0.147 e. The Morgan fingerprint density at radius 3 is 0.118 bits per heavy atom. The summed E-state index contributed by atoms with van der Waals surface area (Å²) in [5, 5.41) is 0. The predicted octanol–water partition coefficient (Wildman–Crippen LogP) is 4.49. The van der Waals surface area contributed by atoms with E-state index in [2.05, 4.69) is 0 Å². The normalized spacial score (nSPS) is 0. The van der Waals surface area contributed by atoms with Gasteiger partial charge in [0.25, 0.3) is 0 Å². The maximum absolute atomic E-state index is 0. The molecule has 0 aromatic rings. The summed E-state index contributed by atoms with van der Waals surface area (Å²) in [4.78, 5) is 0. The highest BCUT2D eigenvalue weighted by Crippen LogP contribution is 0.704. The fourth-order valence-electron chi connectivity index (χ4n) is 0. The van der Waals surface area contributed by atoms with Crippen molar-refractivity contribution < 1.29 is 0 Å². The third-order valence-electron chi connectivity index (χ3n) is 0. The van der Waals surface area contributed by atoms with Gasteiger partial charge in [0.15, 0.2) is 0 Å². The second-order valence-electron chi connectivity index (χ2n) is 0. The van der Waals surface area contributed by atoms with Crippen molar-refractivity contribution in [2.45, 2.75) is 0 Å². The Morgan fingerprint density at radius 2 is 0.118 bits per heavy atom. The summed E-state index contributed by atoms with van der Waals surface area (Å²) in [5.41, 5.74) is 0. The molecule has 128 valence electrons. The number of hydrogen-bond acceptors (Lipinski definition) is 0. The van der Waals surface area contributed by atoms with Crippen LogP contribution in [0.15, 0.2) is 0 Å². The van der Waals surface area contributed by atoms with E-state index in [0.717, 1.165) is 0 Å². The summed E-state index contributed by atoms with van der Waals surface area (Å²) >= 11 is 0. The zero-order chi connectivity index (χ0) is 0. The fourth-order valence-corrected chi connectivity index (χ4v) is 0. The molecule has 0 aliphatic heterocycles. The Kier molecular flexibility index (Phi) is 5140. The molecule has 0 heterocycles. The molecule has 0 atom stereocenters. The quantitative estimate of drug-likeness (QED) is 0.360.